The predicted octanol–water partition coefficient (Wildman–Crippen LogP) is 5.67. The summed E-state index contributed by atoms with van der Waals surface area (Å²) in [4.78, 5) is 16.9. The second kappa shape index (κ2) is 8.60. The van der Waals surface area contributed by atoms with Gasteiger partial charge >= 0.3 is 6.03 Å². The highest BCUT2D eigenvalue weighted by molar-refractivity contribution is 7.93. The van der Waals surface area contributed by atoms with Crippen LogP contribution < -0.4 is 15.4 Å². The van der Waals surface area contributed by atoms with Crippen LogP contribution in [0.25, 0.3) is 10.2 Å². The number of aryl methyl sites for hydroxylation is 3. The molecule has 0 bridgehead atoms. The van der Waals surface area contributed by atoms with Crippen molar-refractivity contribution in [1.82, 2.24) is 4.98 Å². The third-order valence-corrected chi connectivity index (χ3v) is 7.26. The van der Waals surface area contributed by atoms with Crippen molar-refractivity contribution in [3.63, 3.8) is 0 Å². The summed E-state index contributed by atoms with van der Waals surface area (Å²) in [5, 5.41) is 5.88. The number of nitrogens with zero attached hydrogens (tertiary/aromatic N) is 1. The lowest BCUT2D eigenvalue weighted by Crippen LogP contribution is -2.19. The highest BCUT2D eigenvalue weighted by Gasteiger charge is 2.17. The maximum Gasteiger partial charge on any atom is 0.323 e. The molecular formula is C23H22N4O3S2. The van der Waals surface area contributed by atoms with E-state index in [4.69, 9.17) is 0 Å². The third-order valence-electron chi connectivity index (χ3n) is 4.83. The first-order valence-corrected chi connectivity index (χ1v) is 12.1. The Labute approximate surface area is 190 Å². The molecule has 0 unspecified atom stereocenters. The fourth-order valence-electron chi connectivity index (χ4n) is 3.18. The number of fused-ring (bicyclic) bond motifs is 1. The number of benzene rings is 3. The number of anilines is 3. The number of amides is 2. The summed E-state index contributed by atoms with van der Waals surface area (Å²) >= 11 is 1.23. The van der Waals surface area contributed by atoms with Gasteiger partial charge < -0.3 is 10.6 Å². The number of thiazole rings is 1. The van der Waals surface area contributed by atoms with Crippen molar-refractivity contribution in [1.29, 1.82) is 0 Å². The summed E-state index contributed by atoms with van der Waals surface area (Å²) in [5.41, 5.74) is 4.94. The number of nitrogens with one attached hydrogen (secondary N) is 3. The quantitative estimate of drug-likeness (QED) is 0.353. The lowest BCUT2D eigenvalue weighted by molar-refractivity contribution is 0.262. The molecular weight excluding hydrogens is 444 g/mol. The molecule has 32 heavy (non-hydrogen) atoms. The highest BCUT2D eigenvalue weighted by Crippen LogP contribution is 2.30. The Hall–Kier alpha value is -3.43. The van der Waals surface area contributed by atoms with Crippen LogP contribution in [-0.2, 0) is 10.0 Å². The molecule has 164 valence electrons. The summed E-state index contributed by atoms with van der Waals surface area (Å²) in [6.07, 6.45) is 0. The molecule has 0 aliphatic heterocycles. The van der Waals surface area contributed by atoms with Gasteiger partial charge in [0.05, 0.1) is 15.1 Å². The largest absolute Gasteiger partial charge is 0.323 e. The summed E-state index contributed by atoms with van der Waals surface area (Å²) in [7, 11) is -3.73. The topological polar surface area (TPSA) is 100 Å². The molecule has 7 nitrogen and oxygen atoms in total. The Balaban J connectivity index is 1.49. The maximum absolute atomic E-state index is 12.6. The first-order chi connectivity index (χ1) is 15.2. The smallest absolute Gasteiger partial charge is 0.308 e. The van der Waals surface area contributed by atoms with E-state index in [1.54, 1.807) is 42.5 Å². The zero-order valence-corrected chi connectivity index (χ0v) is 19.4. The third kappa shape index (κ3) is 4.90. The van der Waals surface area contributed by atoms with E-state index in [-0.39, 0.29) is 16.1 Å². The van der Waals surface area contributed by atoms with Gasteiger partial charge in [0, 0.05) is 11.4 Å². The van der Waals surface area contributed by atoms with Crippen LogP contribution in [0.2, 0.25) is 0 Å². The van der Waals surface area contributed by atoms with Crippen molar-refractivity contribution in [2.24, 2.45) is 0 Å². The maximum atomic E-state index is 12.6. The van der Waals surface area contributed by atoms with Gasteiger partial charge in [-0.05, 0) is 62.7 Å². The minimum atomic E-state index is -3.73. The minimum absolute atomic E-state index is 0.174. The summed E-state index contributed by atoms with van der Waals surface area (Å²) in [6.45, 7) is 5.82. The van der Waals surface area contributed by atoms with E-state index in [0.29, 0.717) is 11.2 Å². The molecule has 1 heterocycles. The van der Waals surface area contributed by atoms with Crippen molar-refractivity contribution in [3.05, 3.63) is 77.4 Å². The Morgan fingerprint density at radius 3 is 2.31 bits per heavy atom. The van der Waals surface area contributed by atoms with E-state index < -0.39 is 10.0 Å². The van der Waals surface area contributed by atoms with Crippen molar-refractivity contribution in [3.8, 4) is 0 Å². The molecule has 0 aliphatic carbocycles. The van der Waals surface area contributed by atoms with Gasteiger partial charge in [0.2, 0.25) is 0 Å². The van der Waals surface area contributed by atoms with Crippen LogP contribution in [0.4, 0.5) is 21.3 Å². The Morgan fingerprint density at radius 2 is 1.59 bits per heavy atom. The molecule has 2 amide bonds. The molecule has 0 spiro atoms. The molecule has 0 atom stereocenters. The molecule has 0 saturated carbocycles. The normalized spacial score (nSPS) is 11.3. The number of carbonyl (C=O) groups excluding carboxylic acids is 1. The van der Waals surface area contributed by atoms with Crippen LogP contribution in [0.5, 0.6) is 0 Å². The zero-order chi connectivity index (χ0) is 22.9. The van der Waals surface area contributed by atoms with Gasteiger partial charge in [-0.2, -0.15) is 0 Å². The lowest BCUT2D eigenvalue weighted by atomic mass is 10.1. The fraction of sp³-hybridized carbons (Fsp3) is 0.130. The molecule has 4 aromatic rings. The van der Waals surface area contributed by atoms with Crippen LogP contribution in [0.3, 0.4) is 0 Å². The van der Waals surface area contributed by atoms with Crippen molar-refractivity contribution in [2.75, 3.05) is 15.4 Å². The van der Waals surface area contributed by atoms with E-state index >= 15 is 0 Å². The van der Waals surface area contributed by atoms with E-state index in [2.05, 4.69) is 20.3 Å². The van der Waals surface area contributed by atoms with Gasteiger partial charge in [-0.1, -0.05) is 46.7 Å². The average Bonchev–Trinajstić information content (AvgIpc) is 3.11. The van der Waals surface area contributed by atoms with Crippen molar-refractivity contribution >= 4 is 54.1 Å². The van der Waals surface area contributed by atoms with Crippen LogP contribution in [0.1, 0.15) is 16.7 Å². The zero-order valence-electron chi connectivity index (χ0n) is 17.8. The van der Waals surface area contributed by atoms with Crippen molar-refractivity contribution < 1.29 is 13.2 Å². The molecule has 0 saturated heterocycles. The minimum Gasteiger partial charge on any atom is -0.308 e. The Bertz CT molecular complexity index is 1410. The van der Waals surface area contributed by atoms with Crippen LogP contribution >= 0.6 is 11.3 Å². The molecule has 9 heteroatoms. The number of carbonyl (C=O) groups is 1. The molecule has 4 rings (SSSR count). The first-order valence-electron chi connectivity index (χ1n) is 9.85. The second-order valence-electron chi connectivity index (χ2n) is 7.52. The van der Waals surface area contributed by atoms with Gasteiger partial charge in [-0.3, -0.25) is 4.72 Å². The molecule has 3 aromatic carbocycles. The van der Waals surface area contributed by atoms with Gasteiger partial charge in [0.1, 0.15) is 0 Å². The van der Waals surface area contributed by atoms with Gasteiger partial charge in [-0.15, -0.1) is 0 Å². The van der Waals surface area contributed by atoms with Gasteiger partial charge in [0.15, 0.2) is 5.13 Å². The van der Waals surface area contributed by atoms with Crippen LogP contribution in [-0.4, -0.2) is 19.4 Å². The Kier molecular flexibility index (Phi) is 5.86. The standard InChI is InChI=1S/C23H22N4O3S2/c1-14-4-8-18(9-5-14)32(29,30)27-23-26-20-13-17(7-11-21(20)31-23)24-22(28)25-19-10-6-15(2)12-16(19)3/h4-13H,1-3H3,(H,26,27)(H2,24,25,28). The highest BCUT2D eigenvalue weighted by atomic mass is 32.2. The van der Waals surface area contributed by atoms with E-state index in [0.717, 1.165) is 27.1 Å². The van der Waals surface area contributed by atoms with Crippen LogP contribution in [0, 0.1) is 20.8 Å². The number of rotatable bonds is 5. The fourth-order valence-corrected chi connectivity index (χ4v) is 5.26. The Morgan fingerprint density at radius 1 is 0.875 bits per heavy atom. The van der Waals surface area contributed by atoms with Crippen LogP contribution in [0.15, 0.2) is 65.6 Å². The molecule has 0 aliphatic rings. The average molecular weight is 467 g/mol. The lowest BCUT2D eigenvalue weighted by Gasteiger charge is -2.10. The first kappa shape index (κ1) is 21.8. The summed E-state index contributed by atoms with van der Waals surface area (Å²) < 4.78 is 28.6. The predicted molar refractivity (Wildman–Crippen MR) is 130 cm³/mol. The molecule has 1 aromatic heterocycles. The number of urea groups is 1. The van der Waals surface area contributed by atoms with E-state index in [1.807, 2.05) is 39.0 Å². The molecule has 0 fully saturated rings. The summed E-state index contributed by atoms with van der Waals surface area (Å²) in [6, 6.07) is 17.3. The monoisotopic (exact) mass is 466 g/mol. The van der Waals surface area contributed by atoms with Gasteiger partial charge in [0.25, 0.3) is 10.0 Å². The number of sulfonamides is 1. The van der Waals surface area contributed by atoms with E-state index in [9.17, 15) is 13.2 Å². The second-order valence-corrected chi connectivity index (χ2v) is 10.2. The SMILES string of the molecule is Cc1ccc(S(=O)(=O)Nc2nc3cc(NC(=O)Nc4ccc(C)cc4C)ccc3s2)cc1. The number of hydrogen-bond donors (Lipinski definition) is 3. The number of hydrogen-bond acceptors (Lipinski definition) is 5. The summed E-state index contributed by atoms with van der Waals surface area (Å²) in [5.74, 6) is 0. The van der Waals surface area contributed by atoms with Crippen molar-refractivity contribution in [2.45, 2.75) is 25.7 Å². The van der Waals surface area contributed by atoms with E-state index in [1.165, 1.54) is 11.3 Å². The number of aromatic nitrogens is 1. The van der Waals surface area contributed by atoms with Gasteiger partial charge in [-0.25, -0.2) is 18.2 Å². The molecule has 3 N–H and O–H groups in total. The molecule has 0 radical (unpaired) electrons.